The van der Waals surface area contributed by atoms with Gasteiger partial charge in [-0.15, -0.1) is 0 Å². The van der Waals surface area contributed by atoms with Crippen molar-refractivity contribution in [3.8, 4) is 0 Å². The van der Waals surface area contributed by atoms with Crippen molar-refractivity contribution in [3.05, 3.63) is 0 Å². The highest BCUT2D eigenvalue weighted by molar-refractivity contribution is 5.96. The zero-order chi connectivity index (χ0) is 13.7. The fourth-order valence-electron chi connectivity index (χ4n) is 2.28. The molecule has 0 aromatic rings. The zero-order valence-corrected chi connectivity index (χ0v) is 11.6. The Labute approximate surface area is 108 Å². The molecule has 1 saturated heterocycles. The van der Waals surface area contributed by atoms with Crippen LogP contribution in [0.15, 0.2) is 0 Å². The van der Waals surface area contributed by atoms with Gasteiger partial charge >= 0.3 is 6.03 Å². The van der Waals surface area contributed by atoms with Crippen LogP contribution in [-0.4, -0.2) is 56.1 Å². The van der Waals surface area contributed by atoms with Gasteiger partial charge in [0.15, 0.2) is 0 Å². The molecule has 6 nitrogen and oxygen atoms in total. The molecule has 6 heteroatoms. The van der Waals surface area contributed by atoms with Crippen molar-refractivity contribution in [2.24, 2.45) is 5.92 Å². The van der Waals surface area contributed by atoms with E-state index in [2.05, 4.69) is 34.8 Å². The number of carbonyl (C=O) groups is 2. The summed E-state index contributed by atoms with van der Waals surface area (Å²) in [4.78, 5) is 25.1. The Kier molecular flexibility index (Phi) is 5.55. The standard InChI is InChI=1S/C12H24N4O2/c1-8-7-16(4)6-5-10(8)14-9(2)11(17)15-12(18)13-3/h8-10,14H,5-7H2,1-4H3,(H2,13,15,17,18). The van der Waals surface area contributed by atoms with Crippen LogP contribution in [0.4, 0.5) is 4.79 Å². The summed E-state index contributed by atoms with van der Waals surface area (Å²) in [6.07, 6.45) is 1.02. The van der Waals surface area contributed by atoms with Crippen molar-refractivity contribution in [2.75, 3.05) is 27.2 Å². The van der Waals surface area contributed by atoms with Crippen molar-refractivity contribution in [2.45, 2.75) is 32.4 Å². The van der Waals surface area contributed by atoms with E-state index in [9.17, 15) is 9.59 Å². The normalized spacial score (nSPS) is 26.4. The fraction of sp³-hybridized carbons (Fsp3) is 0.833. The van der Waals surface area contributed by atoms with Crippen LogP contribution in [0, 0.1) is 5.92 Å². The second kappa shape index (κ2) is 6.70. The minimum absolute atomic E-state index is 0.291. The van der Waals surface area contributed by atoms with Crippen LogP contribution in [0.2, 0.25) is 0 Å². The van der Waals surface area contributed by atoms with Gasteiger partial charge in [-0.05, 0) is 32.9 Å². The van der Waals surface area contributed by atoms with Gasteiger partial charge in [0.1, 0.15) is 0 Å². The number of nitrogens with zero attached hydrogens (tertiary/aromatic N) is 1. The highest BCUT2D eigenvalue weighted by Gasteiger charge is 2.27. The molecule has 1 fully saturated rings. The lowest BCUT2D eigenvalue weighted by molar-refractivity contribution is -0.122. The molecule has 1 heterocycles. The van der Waals surface area contributed by atoms with Crippen LogP contribution in [0.1, 0.15) is 20.3 Å². The van der Waals surface area contributed by atoms with Crippen LogP contribution in [0.5, 0.6) is 0 Å². The summed E-state index contributed by atoms with van der Waals surface area (Å²) < 4.78 is 0. The van der Waals surface area contributed by atoms with Crippen LogP contribution >= 0.6 is 0 Å². The Hall–Kier alpha value is -1.14. The summed E-state index contributed by atoms with van der Waals surface area (Å²) >= 11 is 0. The average Bonchev–Trinajstić information content (AvgIpc) is 2.32. The third kappa shape index (κ3) is 4.27. The van der Waals surface area contributed by atoms with Gasteiger partial charge in [0.2, 0.25) is 5.91 Å². The summed E-state index contributed by atoms with van der Waals surface area (Å²) in [6.45, 7) is 6.02. The highest BCUT2D eigenvalue weighted by atomic mass is 16.2. The second-order valence-electron chi connectivity index (χ2n) is 5.09. The number of nitrogens with one attached hydrogen (secondary N) is 3. The number of rotatable bonds is 3. The van der Waals surface area contributed by atoms with Crippen LogP contribution in [0.25, 0.3) is 0 Å². The van der Waals surface area contributed by atoms with Gasteiger partial charge in [0.25, 0.3) is 0 Å². The van der Waals surface area contributed by atoms with Gasteiger partial charge in [0, 0.05) is 19.6 Å². The van der Waals surface area contributed by atoms with E-state index >= 15 is 0 Å². The molecular weight excluding hydrogens is 232 g/mol. The number of imide groups is 1. The maximum absolute atomic E-state index is 11.7. The molecule has 1 aliphatic rings. The first kappa shape index (κ1) is 14.9. The SMILES string of the molecule is CNC(=O)NC(=O)C(C)NC1CCN(C)CC1C. The smallest absolute Gasteiger partial charge is 0.321 e. The lowest BCUT2D eigenvalue weighted by atomic mass is 9.93. The van der Waals surface area contributed by atoms with Gasteiger partial charge in [-0.3, -0.25) is 10.1 Å². The van der Waals surface area contributed by atoms with Gasteiger partial charge in [-0.1, -0.05) is 6.92 Å². The van der Waals surface area contributed by atoms with Crippen LogP contribution < -0.4 is 16.0 Å². The zero-order valence-electron chi connectivity index (χ0n) is 11.6. The number of hydrogen-bond donors (Lipinski definition) is 3. The first-order chi connectivity index (χ1) is 8.43. The molecule has 18 heavy (non-hydrogen) atoms. The van der Waals surface area contributed by atoms with Crippen molar-refractivity contribution in [3.63, 3.8) is 0 Å². The predicted molar refractivity (Wildman–Crippen MR) is 70.3 cm³/mol. The Balaban J connectivity index is 2.41. The summed E-state index contributed by atoms with van der Waals surface area (Å²) in [6, 6.07) is -0.505. The summed E-state index contributed by atoms with van der Waals surface area (Å²) in [5.41, 5.74) is 0. The third-order valence-corrected chi connectivity index (χ3v) is 3.43. The van der Waals surface area contributed by atoms with Crippen molar-refractivity contribution in [1.82, 2.24) is 20.9 Å². The van der Waals surface area contributed by atoms with Gasteiger partial charge in [-0.2, -0.15) is 0 Å². The maximum Gasteiger partial charge on any atom is 0.321 e. The Morgan fingerprint density at radius 3 is 2.61 bits per heavy atom. The molecule has 0 aliphatic carbocycles. The van der Waals surface area contributed by atoms with E-state index in [0.717, 1.165) is 19.5 Å². The Morgan fingerprint density at radius 1 is 1.39 bits per heavy atom. The summed E-state index contributed by atoms with van der Waals surface area (Å²) in [5, 5.41) is 7.94. The van der Waals surface area contributed by atoms with Crippen LogP contribution in [-0.2, 0) is 4.79 Å². The third-order valence-electron chi connectivity index (χ3n) is 3.43. The quantitative estimate of drug-likeness (QED) is 0.651. The highest BCUT2D eigenvalue weighted by Crippen LogP contribution is 2.15. The van der Waals surface area contributed by atoms with E-state index in [0.29, 0.717) is 12.0 Å². The number of carbonyl (C=O) groups excluding carboxylic acids is 2. The van der Waals surface area contributed by atoms with E-state index in [1.54, 1.807) is 6.92 Å². The molecule has 0 aromatic heterocycles. The van der Waals surface area contributed by atoms with E-state index in [-0.39, 0.29) is 11.9 Å². The first-order valence-corrected chi connectivity index (χ1v) is 6.41. The number of hydrogen-bond acceptors (Lipinski definition) is 4. The molecule has 3 amide bonds. The fourth-order valence-corrected chi connectivity index (χ4v) is 2.28. The van der Waals surface area contributed by atoms with Crippen molar-refractivity contribution in [1.29, 1.82) is 0 Å². The predicted octanol–water partition coefficient (Wildman–Crippen LogP) is -0.240. The minimum atomic E-state index is -0.468. The summed E-state index contributed by atoms with van der Waals surface area (Å²) in [7, 11) is 3.59. The minimum Gasteiger partial charge on any atom is -0.341 e. The number of likely N-dealkylation sites (tertiary alicyclic amines) is 1. The maximum atomic E-state index is 11.7. The number of amides is 3. The lowest BCUT2D eigenvalue weighted by Gasteiger charge is -2.36. The molecule has 1 aliphatic heterocycles. The summed E-state index contributed by atoms with van der Waals surface area (Å²) in [5.74, 6) is 0.208. The monoisotopic (exact) mass is 256 g/mol. The second-order valence-corrected chi connectivity index (χ2v) is 5.09. The molecule has 0 aromatic carbocycles. The molecule has 3 N–H and O–H groups in total. The van der Waals surface area contributed by atoms with Crippen molar-refractivity contribution < 1.29 is 9.59 Å². The van der Waals surface area contributed by atoms with E-state index in [4.69, 9.17) is 0 Å². The van der Waals surface area contributed by atoms with Crippen molar-refractivity contribution >= 4 is 11.9 Å². The first-order valence-electron chi connectivity index (χ1n) is 6.41. The lowest BCUT2D eigenvalue weighted by Crippen LogP contribution is -2.54. The molecule has 3 unspecified atom stereocenters. The largest absolute Gasteiger partial charge is 0.341 e. The van der Waals surface area contributed by atoms with Gasteiger partial charge < -0.3 is 15.5 Å². The topological polar surface area (TPSA) is 73.5 Å². The number of urea groups is 1. The molecule has 0 saturated carbocycles. The molecule has 1 rings (SSSR count). The molecule has 0 bridgehead atoms. The van der Waals surface area contributed by atoms with Gasteiger partial charge in [-0.25, -0.2) is 4.79 Å². The molecular formula is C12H24N4O2. The van der Waals surface area contributed by atoms with E-state index in [1.807, 2.05) is 0 Å². The van der Waals surface area contributed by atoms with E-state index < -0.39 is 6.03 Å². The molecule has 3 atom stereocenters. The Bertz CT molecular complexity index is 308. The molecule has 0 radical (unpaired) electrons. The molecule has 0 spiro atoms. The Morgan fingerprint density at radius 2 is 2.06 bits per heavy atom. The van der Waals surface area contributed by atoms with E-state index in [1.165, 1.54) is 7.05 Å². The average molecular weight is 256 g/mol. The molecule has 104 valence electrons. The number of piperidine rings is 1. The van der Waals surface area contributed by atoms with Crippen LogP contribution in [0.3, 0.4) is 0 Å². The van der Waals surface area contributed by atoms with Gasteiger partial charge in [0.05, 0.1) is 6.04 Å².